The highest BCUT2D eigenvalue weighted by Crippen LogP contribution is 2.73. The molecule has 0 radical (unpaired) electrons. The highest BCUT2D eigenvalue weighted by molar-refractivity contribution is 7.11. The van der Waals surface area contributed by atoms with Crippen molar-refractivity contribution in [3.05, 3.63) is 10.0 Å². The van der Waals surface area contributed by atoms with Crippen LogP contribution in [0.1, 0.15) is 49.0 Å². The van der Waals surface area contributed by atoms with Crippen LogP contribution in [-0.4, -0.2) is 16.2 Å². The van der Waals surface area contributed by atoms with Crippen LogP contribution in [0.15, 0.2) is 0 Å². The van der Waals surface area contributed by atoms with Crippen LogP contribution in [0.3, 0.4) is 0 Å². The molecule has 18 heavy (non-hydrogen) atoms. The van der Waals surface area contributed by atoms with Gasteiger partial charge in [0.25, 0.3) is 0 Å². The van der Waals surface area contributed by atoms with Gasteiger partial charge in [0.2, 0.25) is 0 Å². The Kier molecular flexibility index (Phi) is 2.53. The number of aromatic nitrogens is 2. The maximum atomic E-state index is 4.46. The van der Waals surface area contributed by atoms with Crippen LogP contribution in [0.5, 0.6) is 0 Å². The predicted octanol–water partition coefficient (Wildman–Crippen LogP) is 2.80. The van der Waals surface area contributed by atoms with Gasteiger partial charge in [0.1, 0.15) is 10.0 Å². The number of nitrogens with one attached hydrogen (secondary N) is 1. The second-order valence-corrected chi connectivity index (χ2v) is 7.68. The SMILES string of the molecule is CC(C)NCc1nnc(C2C3C4CCC(C4)C23)s1. The van der Waals surface area contributed by atoms with Gasteiger partial charge in [-0.25, -0.2) is 0 Å². The van der Waals surface area contributed by atoms with Gasteiger partial charge in [-0.3, -0.25) is 0 Å². The molecular weight excluding hydrogens is 242 g/mol. The highest BCUT2D eigenvalue weighted by Gasteiger charge is 2.66. The Bertz CT molecular complexity index is 440. The van der Waals surface area contributed by atoms with Crippen LogP contribution in [0, 0.1) is 23.7 Å². The zero-order valence-electron chi connectivity index (χ0n) is 11.1. The van der Waals surface area contributed by atoms with Gasteiger partial charge in [0.05, 0.1) is 0 Å². The molecule has 4 rings (SSSR count). The molecule has 3 fully saturated rings. The Hall–Kier alpha value is -0.480. The fourth-order valence-corrected chi connectivity index (χ4v) is 5.43. The van der Waals surface area contributed by atoms with E-state index in [4.69, 9.17) is 0 Å². The summed E-state index contributed by atoms with van der Waals surface area (Å²) in [6.07, 6.45) is 4.50. The van der Waals surface area contributed by atoms with Crippen molar-refractivity contribution in [2.24, 2.45) is 23.7 Å². The minimum Gasteiger partial charge on any atom is -0.308 e. The lowest BCUT2D eigenvalue weighted by Gasteiger charge is -2.05. The van der Waals surface area contributed by atoms with E-state index in [0.717, 1.165) is 41.1 Å². The molecule has 1 aromatic heterocycles. The Labute approximate surface area is 112 Å². The summed E-state index contributed by atoms with van der Waals surface area (Å²) in [6, 6.07) is 0.522. The maximum Gasteiger partial charge on any atom is 0.131 e. The maximum absolute atomic E-state index is 4.46. The molecular formula is C14H21N3S. The average Bonchev–Trinajstić information content (AvgIpc) is 2.77. The molecule has 4 unspecified atom stereocenters. The zero-order valence-corrected chi connectivity index (χ0v) is 11.9. The second-order valence-electron chi connectivity index (χ2n) is 6.58. The molecule has 1 heterocycles. The first-order chi connectivity index (χ1) is 8.74. The van der Waals surface area contributed by atoms with Gasteiger partial charge < -0.3 is 5.32 Å². The van der Waals surface area contributed by atoms with E-state index in [1.165, 1.54) is 24.3 Å². The molecule has 98 valence electrons. The number of fused-ring (bicyclic) bond motifs is 5. The Morgan fingerprint density at radius 3 is 2.61 bits per heavy atom. The molecule has 3 aliphatic carbocycles. The van der Waals surface area contributed by atoms with E-state index in [9.17, 15) is 0 Å². The summed E-state index contributed by atoms with van der Waals surface area (Å²) in [5.41, 5.74) is 0. The third-order valence-corrected chi connectivity index (χ3v) is 6.19. The lowest BCUT2D eigenvalue weighted by Crippen LogP contribution is -2.21. The van der Waals surface area contributed by atoms with E-state index in [1.54, 1.807) is 0 Å². The molecule has 0 amide bonds. The number of hydrogen-bond acceptors (Lipinski definition) is 4. The first-order valence-electron chi connectivity index (χ1n) is 7.29. The van der Waals surface area contributed by atoms with Crippen molar-refractivity contribution in [1.82, 2.24) is 15.5 Å². The fraction of sp³-hybridized carbons (Fsp3) is 0.857. The highest BCUT2D eigenvalue weighted by atomic mass is 32.1. The van der Waals surface area contributed by atoms with Crippen molar-refractivity contribution in [1.29, 1.82) is 0 Å². The summed E-state index contributed by atoms with van der Waals surface area (Å²) in [5, 5.41) is 14.7. The summed E-state index contributed by atoms with van der Waals surface area (Å²) >= 11 is 1.85. The normalized spacial score (nSPS) is 40.5. The summed E-state index contributed by atoms with van der Waals surface area (Å²) in [7, 11) is 0. The zero-order chi connectivity index (χ0) is 12.3. The Balaban J connectivity index is 1.44. The van der Waals surface area contributed by atoms with Crippen LogP contribution in [0.25, 0.3) is 0 Å². The molecule has 1 N–H and O–H groups in total. The van der Waals surface area contributed by atoms with Crippen LogP contribution in [0.2, 0.25) is 0 Å². The molecule has 0 spiro atoms. The largest absolute Gasteiger partial charge is 0.308 e. The lowest BCUT2D eigenvalue weighted by molar-refractivity contribution is 0.456. The van der Waals surface area contributed by atoms with Gasteiger partial charge in [-0.15, -0.1) is 10.2 Å². The third-order valence-electron chi connectivity index (χ3n) is 5.16. The lowest BCUT2D eigenvalue weighted by atomic mass is 10.0. The smallest absolute Gasteiger partial charge is 0.131 e. The molecule has 0 aromatic carbocycles. The first-order valence-corrected chi connectivity index (χ1v) is 8.11. The molecule has 4 atom stereocenters. The first kappa shape index (κ1) is 11.4. The Morgan fingerprint density at radius 1 is 1.22 bits per heavy atom. The van der Waals surface area contributed by atoms with E-state index in [-0.39, 0.29) is 0 Å². The van der Waals surface area contributed by atoms with E-state index in [0.29, 0.717) is 6.04 Å². The third kappa shape index (κ3) is 1.65. The van der Waals surface area contributed by atoms with Crippen LogP contribution >= 0.6 is 11.3 Å². The fourth-order valence-electron chi connectivity index (χ4n) is 4.42. The number of nitrogens with zero attached hydrogens (tertiary/aromatic N) is 2. The molecule has 0 saturated heterocycles. The minimum atomic E-state index is 0.522. The summed E-state index contributed by atoms with van der Waals surface area (Å²) in [4.78, 5) is 0. The van der Waals surface area contributed by atoms with E-state index >= 15 is 0 Å². The topological polar surface area (TPSA) is 37.8 Å². The molecule has 2 bridgehead atoms. The van der Waals surface area contributed by atoms with Crippen LogP contribution < -0.4 is 5.32 Å². The standard InChI is InChI=1S/C14H21N3S/c1-7(2)15-6-10-16-17-14(18-10)13-11-8-3-4-9(5-8)12(11)13/h7-9,11-13,15H,3-6H2,1-2H3. The van der Waals surface area contributed by atoms with Gasteiger partial charge in [0.15, 0.2) is 0 Å². The molecule has 3 saturated carbocycles. The summed E-state index contributed by atoms with van der Waals surface area (Å²) in [6.45, 7) is 5.22. The average molecular weight is 263 g/mol. The molecule has 0 aliphatic heterocycles. The van der Waals surface area contributed by atoms with Crippen molar-refractivity contribution in [2.45, 2.75) is 51.6 Å². The quantitative estimate of drug-likeness (QED) is 0.907. The number of rotatable bonds is 4. The number of hydrogen-bond donors (Lipinski definition) is 1. The van der Waals surface area contributed by atoms with E-state index < -0.39 is 0 Å². The summed E-state index contributed by atoms with van der Waals surface area (Å²) < 4.78 is 0. The van der Waals surface area contributed by atoms with Gasteiger partial charge in [-0.05, 0) is 42.9 Å². The molecule has 3 nitrogen and oxygen atoms in total. The molecule has 3 aliphatic rings. The van der Waals surface area contributed by atoms with Gasteiger partial charge in [0, 0.05) is 18.5 Å². The van der Waals surface area contributed by atoms with E-state index in [1.807, 2.05) is 11.3 Å². The van der Waals surface area contributed by atoms with Crippen molar-refractivity contribution in [3.8, 4) is 0 Å². The van der Waals surface area contributed by atoms with Crippen molar-refractivity contribution in [3.63, 3.8) is 0 Å². The molecule has 4 heteroatoms. The van der Waals surface area contributed by atoms with Crippen LogP contribution in [-0.2, 0) is 6.54 Å². The van der Waals surface area contributed by atoms with Crippen LogP contribution in [0.4, 0.5) is 0 Å². The second kappa shape index (κ2) is 4.01. The van der Waals surface area contributed by atoms with E-state index in [2.05, 4.69) is 29.4 Å². The monoisotopic (exact) mass is 263 g/mol. The van der Waals surface area contributed by atoms with Gasteiger partial charge in [-0.2, -0.15) is 0 Å². The van der Waals surface area contributed by atoms with Crippen molar-refractivity contribution in [2.75, 3.05) is 0 Å². The van der Waals surface area contributed by atoms with Gasteiger partial charge in [-0.1, -0.05) is 25.2 Å². The van der Waals surface area contributed by atoms with Gasteiger partial charge >= 0.3 is 0 Å². The Morgan fingerprint density at radius 2 is 1.94 bits per heavy atom. The van der Waals surface area contributed by atoms with Crippen molar-refractivity contribution >= 4 is 11.3 Å². The molecule has 1 aromatic rings. The minimum absolute atomic E-state index is 0.522. The van der Waals surface area contributed by atoms with Crippen molar-refractivity contribution < 1.29 is 0 Å². The summed E-state index contributed by atoms with van der Waals surface area (Å²) in [5.74, 6) is 4.84. The predicted molar refractivity (Wildman–Crippen MR) is 72.4 cm³/mol.